The fraction of sp³-hybridized carbons (Fsp3) is 0.333. The molecule has 0 aliphatic carbocycles. The zero-order valence-corrected chi connectivity index (χ0v) is 10.0. The number of primary amides is 1. The number of hydrogen-bond donors (Lipinski definition) is 2. The number of amides is 1. The maximum atomic E-state index is 14.0. The van der Waals surface area contributed by atoms with Crippen molar-refractivity contribution in [2.45, 2.75) is 26.7 Å². The van der Waals surface area contributed by atoms with Crippen LogP contribution in [0.1, 0.15) is 45.7 Å². The van der Waals surface area contributed by atoms with E-state index in [4.69, 9.17) is 10.8 Å². The Morgan fingerprint density at radius 3 is 1.72 bits per heavy atom. The number of halogens is 2. The molecule has 0 bridgehead atoms. The second kappa shape index (κ2) is 5.12. The summed E-state index contributed by atoms with van der Waals surface area (Å²) in [4.78, 5) is 22.1. The molecule has 0 unspecified atom stereocenters. The molecule has 0 heterocycles. The van der Waals surface area contributed by atoms with Gasteiger partial charge < -0.3 is 10.8 Å². The molecule has 0 fully saturated rings. The van der Waals surface area contributed by atoms with Gasteiger partial charge >= 0.3 is 5.97 Å². The Labute approximate surface area is 102 Å². The Morgan fingerprint density at radius 2 is 1.44 bits per heavy atom. The maximum Gasteiger partial charge on any atom is 0.339 e. The number of carbonyl (C=O) groups is 2. The average molecular weight is 257 g/mol. The van der Waals surface area contributed by atoms with E-state index in [9.17, 15) is 18.4 Å². The lowest BCUT2D eigenvalue weighted by Crippen LogP contribution is -2.22. The van der Waals surface area contributed by atoms with Crippen LogP contribution in [-0.2, 0) is 12.8 Å². The highest BCUT2D eigenvalue weighted by molar-refractivity contribution is 6.05. The van der Waals surface area contributed by atoms with Crippen LogP contribution in [0.5, 0.6) is 0 Å². The van der Waals surface area contributed by atoms with Crippen LogP contribution in [0.3, 0.4) is 0 Å². The second-order valence-corrected chi connectivity index (χ2v) is 3.71. The summed E-state index contributed by atoms with van der Waals surface area (Å²) in [5, 5.41) is 8.89. The van der Waals surface area contributed by atoms with Crippen molar-refractivity contribution in [3.05, 3.63) is 33.9 Å². The summed E-state index contributed by atoms with van der Waals surface area (Å²) in [6.07, 6.45) is 0.275. The van der Waals surface area contributed by atoms with Crippen LogP contribution in [0, 0.1) is 11.6 Å². The molecule has 4 nitrogen and oxygen atoms in total. The molecule has 0 aliphatic heterocycles. The van der Waals surface area contributed by atoms with Crippen molar-refractivity contribution in [3.8, 4) is 0 Å². The van der Waals surface area contributed by atoms with Gasteiger partial charge in [-0.1, -0.05) is 13.8 Å². The Hall–Kier alpha value is -1.98. The third kappa shape index (κ3) is 2.05. The second-order valence-electron chi connectivity index (χ2n) is 3.71. The van der Waals surface area contributed by atoms with Crippen LogP contribution in [0.25, 0.3) is 0 Å². The Balaban J connectivity index is 3.86. The third-order valence-electron chi connectivity index (χ3n) is 2.75. The number of benzene rings is 1. The van der Waals surface area contributed by atoms with Crippen molar-refractivity contribution in [2.24, 2.45) is 5.73 Å². The Bertz CT molecular complexity index is 480. The first kappa shape index (κ1) is 14.1. The summed E-state index contributed by atoms with van der Waals surface area (Å²) in [5.41, 5.74) is 3.01. The smallest absolute Gasteiger partial charge is 0.339 e. The Kier molecular flexibility index (Phi) is 4.00. The first-order valence-electron chi connectivity index (χ1n) is 5.42. The van der Waals surface area contributed by atoms with Gasteiger partial charge in [0.1, 0.15) is 17.2 Å². The highest BCUT2D eigenvalue weighted by Crippen LogP contribution is 2.27. The van der Waals surface area contributed by atoms with Crippen LogP contribution in [0.15, 0.2) is 0 Å². The van der Waals surface area contributed by atoms with Gasteiger partial charge in [-0.2, -0.15) is 0 Å². The van der Waals surface area contributed by atoms with E-state index in [0.717, 1.165) is 0 Å². The fourth-order valence-corrected chi connectivity index (χ4v) is 1.96. The molecule has 1 amide bonds. The van der Waals surface area contributed by atoms with Gasteiger partial charge in [-0.15, -0.1) is 0 Å². The van der Waals surface area contributed by atoms with Gasteiger partial charge in [0.15, 0.2) is 0 Å². The summed E-state index contributed by atoms with van der Waals surface area (Å²) in [5.74, 6) is -5.13. The van der Waals surface area contributed by atoms with E-state index in [1.807, 2.05) is 0 Å². The van der Waals surface area contributed by atoms with Crippen LogP contribution in [-0.4, -0.2) is 17.0 Å². The first-order chi connectivity index (χ1) is 8.36. The molecule has 0 aliphatic rings. The molecule has 0 radical (unpaired) electrons. The number of nitrogens with two attached hydrogens (primary N) is 1. The molecular weight excluding hydrogens is 244 g/mol. The van der Waals surface area contributed by atoms with E-state index in [2.05, 4.69) is 0 Å². The van der Waals surface area contributed by atoms with Crippen LogP contribution < -0.4 is 5.73 Å². The lowest BCUT2D eigenvalue weighted by Gasteiger charge is -2.14. The molecule has 0 saturated heterocycles. The topological polar surface area (TPSA) is 80.4 Å². The predicted octanol–water partition coefficient (Wildman–Crippen LogP) is 1.89. The van der Waals surface area contributed by atoms with Gasteiger partial charge in [0, 0.05) is 0 Å². The molecule has 0 saturated carbocycles. The number of hydrogen-bond acceptors (Lipinski definition) is 2. The van der Waals surface area contributed by atoms with E-state index in [1.54, 1.807) is 13.8 Å². The highest BCUT2D eigenvalue weighted by Gasteiger charge is 2.29. The predicted molar refractivity (Wildman–Crippen MR) is 60.6 cm³/mol. The molecule has 98 valence electrons. The zero-order chi connectivity index (χ0) is 14.0. The van der Waals surface area contributed by atoms with Gasteiger partial charge in [0.25, 0.3) is 5.91 Å². The van der Waals surface area contributed by atoms with E-state index in [-0.39, 0.29) is 24.0 Å². The molecule has 0 aromatic heterocycles. The normalized spacial score (nSPS) is 10.4. The molecule has 3 N–H and O–H groups in total. The summed E-state index contributed by atoms with van der Waals surface area (Å²) < 4.78 is 28.1. The summed E-state index contributed by atoms with van der Waals surface area (Å²) in [6.45, 7) is 3.16. The van der Waals surface area contributed by atoms with Crippen molar-refractivity contribution in [2.75, 3.05) is 0 Å². The standard InChI is InChI=1S/C12H13F2NO3/c1-3-5-6(4-2)10(14)8(12(17)18)7(9(5)13)11(15)16/h3-4H2,1-2H3,(H2,15,16)(H,17,18). The Morgan fingerprint density at radius 1 is 1.06 bits per heavy atom. The summed E-state index contributed by atoms with van der Waals surface area (Å²) >= 11 is 0. The van der Waals surface area contributed by atoms with Crippen LogP contribution in [0.2, 0.25) is 0 Å². The van der Waals surface area contributed by atoms with Crippen molar-refractivity contribution < 1.29 is 23.5 Å². The van der Waals surface area contributed by atoms with Gasteiger partial charge in [0.05, 0.1) is 5.56 Å². The summed E-state index contributed by atoms with van der Waals surface area (Å²) in [6, 6.07) is 0. The lowest BCUT2D eigenvalue weighted by molar-refractivity contribution is 0.0685. The van der Waals surface area contributed by atoms with E-state index in [0.29, 0.717) is 0 Å². The van der Waals surface area contributed by atoms with Crippen molar-refractivity contribution in [1.29, 1.82) is 0 Å². The summed E-state index contributed by atoms with van der Waals surface area (Å²) in [7, 11) is 0. The average Bonchev–Trinajstić information content (AvgIpc) is 2.29. The molecule has 1 aromatic rings. The number of carboxylic acids is 1. The molecule has 0 atom stereocenters. The molecule has 6 heteroatoms. The van der Waals surface area contributed by atoms with Gasteiger partial charge in [-0.05, 0) is 24.0 Å². The minimum Gasteiger partial charge on any atom is -0.478 e. The zero-order valence-electron chi connectivity index (χ0n) is 10.0. The minimum atomic E-state index is -1.71. The van der Waals surface area contributed by atoms with E-state index >= 15 is 0 Å². The van der Waals surface area contributed by atoms with Gasteiger partial charge in [0.2, 0.25) is 0 Å². The van der Waals surface area contributed by atoms with E-state index < -0.39 is 34.6 Å². The number of rotatable bonds is 4. The molecule has 0 spiro atoms. The molecule has 1 aromatic carbocycles. The lowest BCUT2D eigenvalue weighted by atomic mass is 9.93. The number of aromatic carboxylic acids is 1. The largest absolute Gasteiger partial charge is 0.478 e. The quantitative estimate of drug-likeness (QED) is 0.864. The van der Waals surface area contributed by atoms with Crippen molar-refractivity contribution in [3.63, 3.8) is 0 Å². The molecular formula is C12H13F2NO3. The minimum absolute atomic E-state index is 0.00574. The van der Waals surface area contributed by atoms with Gasteiger partial charge in [-0.3, -0.25) is 4.79 Å². The molecule has 18 heavy (non-hydrogen) atoms. The van der Waals surface area contributed by atoms with Crippen LogP contribution >= 0.6 is 0 Å². The van der Waals surface area contributed by atoms with Crippen molar-refractivity contribution >= 4 is 11.9 Å². The van der Waals surface area contributed by atoms with Gasteiger partial charge in [-0.25, -0.2) is 13.6 Å². The third-order valence-corrected chi connectivity index (χ3v) is 2.75. The maximum absolute atomic E-state index is 14.0. The SMILES string of the molecule is CCc1c(F)c(C(N)=O)c(C(=O)O)c(F)c1CC. The van der Waals surface area contributed by atoms with E-state index in [1.165, 1.54) is 0 Å². The first-order valence-corrected chi connectivity index (χ1v) is 5.42. The monoisotopic (exact) mass is 257 g/mol. The van der Waals surface area contributed by atoms with Crippen LogP contribution in [0.4, 0.5) is 8.78 Å². The highest BCUT2D eigenvalue weighted by atomic mass is 19.1. The molecule has 1 rings (SSSR count). The van der Waals surface area contributed by atoms with Crippen molar-refractivity contribution in [1.82, 2.24) is 0 Å². The number of carboxylic acid groups (broad SMARTS) is 1. The fourth-order valence-electron chi connectivity index (χ4n) is 1.96. The number of carbonyl (C=O) groups excluding carboxylic acids is 1.